The van der Waals surface area contributed by atoms with Crippen LogP contribution < -0.4 is 10.1 Å². The van der Waals surface area contributed by atoms with Crippen LogP contribution in [0.15, 0.2) is 24.3 Å². The van der Waals surface area contributed by atoms with Crippen LogP contribution in [0.2, 0.25) is 0 Å². The molecule has 1 aromatic carbocycles. The molecular formula is C16H24BrNO2. The maximum Gasteiger partial charge on any atom is 0.251 e. The van der Waals surface area contributed by atoms with Crippen molar-refractivity contribution < 1.29 is 9.53 Å². The Hall–Kier alpha value is -1.03. The Labute approximate surface area is 130 Å². The number of carbonyl (C=O) groups is 1. The first kappa shape index (κ1) is 17.0. The smallest absolute Gasteiger partial charge is 0.251 e. The summed E-state index contributed by atoms with van der Waals surface area (Å²) in [4.78, 5) is 11.9. The molecule has 0 fully saturated rings. The number of amides is 1. The molecule has 4 heteroatoms. The normalized spacial score (nSPS) is 10.6. The van der Waals surface area contributed by atoms with Gasteiger partial charge in [0.2, 0.25) is 0 Å². The number of hydrogen-bond acceptors (Lipinski definition) is 2. The summed E-state index contributed by atoms with van der Waals surface area (Å²) in [5.74, 6) is 0.785. The van der Waals surface area contributed by atoms with Gasteiger partial charge in [-0.2, -0.15) is 0 Å². The second-order valence-electron chi connectivity index (χ2n) is 5.05. The van der Waals surface area contributed by atoms with Crippen molar-refractivity contribution >= 4 is 21.8 Å². The highest BCUT2D eigenvalue weighted by molar-refractivity contribution is 9.09. The summed E-state index contributed by atoms with van der Waals surface area (Å²) >= 11 is 3.41. The van der Waals surface area contributed by atoms with Gasteiger partial charge in [0, 0.05) is 17.4 Å². The molecule has 0 radical (unpaired) electrons. The summed E-state index contributed by atoms with van der Waals surface area (Å²) in [6, 6.07) is 7.28. The third-order valence-corrected chi connectivity index (χ3v) is 3.39. The maximum absolute atomic E-state index is 11.9. The second kappa shape index (κ2) is 9.81. The summed E-state index contributed by atoms with van der Waals surface area (Å²) in [5, 5.41) is 4.00. The van der Waals surface area contributed by atoms with Crippen LogP contribution in [-0.2, 0) is 0 Å². The standard InChI is InChI=1S/C16H24BrNO2/c1-13(2)20-15-9-7-14(8-10-15)16(19)18-12-6-4-3-5-11-17/h7-10,13H,3-6,11-12H2,1-2H3,(H,18,19). The highest BCUT2D eigenvalue weighted by Gasteiger charge is 2.05. The molecule has 0 bridgehead atoms. The number of alkyl halides is 1. The van der Waals surface area contributed by atoms with Gasteiger partial charge in [-0.1, -0.05) is 28.8 Å². The molecule has 1 N–H and O–H groups in total. The van der Waals surface area contributed by atoms with Crippen molar-refractivity contribution in [1.82, 2.24) is 5.32 Å². The van der Waals surface area contributed by atoms with Gasteiger partial charge in [0.25, 0.3) is 5.91 Å². The van der Waals surface area contributed by atoms with Crippen molar-refractivity contribution in [3.63, 3.8) is 0 Å². The average Bonchev–Trinajstić information content (AvgIpc) is 2.42. The van der Waals surface area contributed by atoms with Crippen molar-refractivity contribution in [3.8, 4) is 5.75 Å². The fourth-order valence-electron chi connectivity index (χ4n) is 1.83. The number of ether oxygens (including phenoxy) is 1. The molecular weight excluding hydrogens is 318 g/mol. The van der Waals surface area contributed by atoms with Crippen LogP contribution in [0.1, 0.15) is 49.9 Å². The number of benzene rings is 1. The van der Waals surface area contributed by atoms with Gasteiger partial charge in [0.1, 0.15) is 5.75 Å². The van der Waals surface area contributed by atoms with Crippen molar-refractivity contribution in [1.29, 1.82) is 0 Å². The Morgan fingerprint density at radius 1 is 1.15 bits per heavy atom. The minimum absolute atomic E-state index is 0.0124. The fourth-order valence-corrected chi connectivity index (χ4v) is 2.23. The van der Waals surface area contributed by atoms with E-state index in [0.717, 1.165) is 30.5 Å². The highest BCUT2D eigenvalue weighted by Crippen LogP contribution is 2.13. The lowest BCUT2D eigenvalue weighted by atomic mass is 10.2. The quantitative estimate of drug-likeness (QED) is 0.541. The summed E-state index contributed by atoms with van der Waals surface area (Å²) < 4.78 is 5.55. The van der Waals surface area contributed by atoms with Gasteiger partial charge in [-0.15, -0.1) is 0 Å². The molecule has 1 aromatic rings. The van der Waals surface area contributed by atoms with Crippen molar-refractivity contribution in [2.75, 3.05) is 11.9 Å². The van der Waals surface area contributed by atoms with Crippen LogP contribution >= 0.6 is 15.9 Å². The molecule has 0 aliphatic rings. The van der Waals surface area contributed by atoms with E-state index in [1.54, 1.807) is 12.1 Å². The molecule has 0 atom stereocenters. The predicted octanol–water partition coefficient (Wildman–Crippen LogP) is 4.16. The van der Waals surface area contributed by atoms with Crippen LogP contribution in [0.5, 0.6) is 5.75 Å². The number of unbranched alkanes of at least 4 members (excludes halogenated alkanes) is 3. The van der Waals surface area contributed by atoms with Gasteiger partial charge >= 0.3 is 0 Å². The summed E-state index contributed by atoms with van der Waals surface area (Å²) in [5.41, 5.74) is 0.682. The Bertz CT molecular complexity index is 390. The Morgan fingerprint density at radius 3 is 2.40 bits per heavy atom. The van der Waals surface area contributed by atoms with Crippen molar-refractivity contribution in [2.24, 2.45) is 0 Å². The third-order valence-electron chi connectivity index (χ3n) is 2.83. The first-order chi connectivity index (χ1) is 9.63. The Morgan fingerprint density at radius 2 is 1.80 bits per heavy atom. The zero-order chi connectivity index (χ0) is 14.8. The average molecular weight is 342 g/mol. The maximum atomic E-state index is 11.9. The summed E-state index contributed by atoms with van der Waals surface area (Å²) in [6.45, 7) is 4.71. The van der Waals surface area contributed by atoms with E-state index in [0.29, 0.717) is 5.56 Å². The predicted molar refractivity (Wildman–Crippen MR) is 86.8 cm³/mol. The SMILES string of the molecule is CC(C)Oc1ccc(C(=O)NCCCCCCBr)cc1. The van der Waals surface area contributed by atoms with Gasteiger partial charge in [-0.3, -0.25) is 4.79 Å². The van der Waals surface area contributed by atoms with Gasteiger partial charge in [-0.05, 0) is 51.0 Å². The van der Waals surface area contributed by atoms with Crippen molar-refractivity contribution in [3.05, 3.63) is 29.8 Å². The van der Waals surface area contributed by atoms with Gasteiger partial charge < -0.3 is 10.1 Å². The van der Waals surface area contributed by atoms with Gasteiger partial charge in [0.05, 0.1) is 6.10 Å². The monoisotopic (exact) mass is 341 g/mol. The number of hydrogen-bond donors (Lipinski definition) is 1. The van der Waals surface area contributed by atoms with Crippen LogP contribution in [0.4, 0.5) is 0 Å². The molecule has 0 spiro atoms. The highest BCUT2D eigenvalue weighted by atomic mass is 79.9. The van der Waals surface area contributed by atoms with E-state index in [1.165, 1.54) is 12.8 Å². The molecule has 0 saturated heterocycles. The molecule has 0 heterocycles. The van der Waals surface area contributed by atoms with E-state index in [1.807, 2.05) is 26.0 Å². The number of halogens is 1. The molecule has 20 heavy (non-hydrogen) atoms. The largest absolute Gasteiger partial charge is 0.491 e. The zero-order valence-corrected chi connectivity index (χ0v) is 13.9. The lowest BCUT2D eigenvalue weighted by molar-refractivity contribution is 0.0953. The zero-order valence-electron chi connectivity index (χ0n) is 12.3. The first-order valence-electron chi connectivity index (χ1n) is 7.24. The molecule has 0 aromatic heterocycles. The van der Waals surface area contributed by atoms with Crippen molar-refractivity contribution in [2.45, 2.75) is 45.6 Å². The number of carbonyl (C=O) groups excluding carboxylic acids is 1. The minimum Gasteiger partial charge on any atom is -0.491 e. The molecule has 0 aliphatic heterocycles. The van der Waals surface area contributed by atoms with Crippen LogP contribution in [0, 0.1) is 0 Å². The molecule has 112 valence electrons. The van der Waals surface area contributed by atoms with E-state index >= 15 is 0 Å². The topological polar surface area (TPSA) is 38.3 Å². The number of nitrogens with one attached hydrogen (secondary N) is 1. The Balaban J connectivity index is 2.29. The molecule has 0 saturated carbocycles. The molecule has 3 nitrogen and oxygen atoms in total. The minimum atomic E-state index is -0.0124. The van der Waals surface area contributed by atoms with Gasteiger partial charge in [0.15, 0.2) is 0 Å². The molecule has 0 aliphatic carbocycles. The number of rotatable bonds is 9. The molecule has 1 rings (SSSR count). The summed E-state index contributed by atoms with van der Waals surface area (Å²) in [7, 11) is 0. The van der Waals surface area contributed by atoms with E-state index < -0.39 is 0 Å². The van der Waals surface area contributed by atoms with E-state index in [2.05, 4.69) is 21.2 Å². The molecule has 1 amide bonds. The lowest BCUT2D eigenvalue weighted by Crippen LogP contribution is -2.24. The van der Waals surface area contributed by atoms with Crippen LogP contribution in [0.3, 0.4) is 0 Å². The van der Waals surface area contributed by atoms with Crippen LogP contribution in [-0.4, -0.2) is 23.9 Å². The fraction of sp³-hybridized carbons (Fsp3) is 0.562. The lowest BCUT2D eigenvalue weighted by Gasteiger charge is -2.10. The van der Waals surface area contributed by atoms with E-state index in [4.69, 9.17) is 4.74 Å². The first-order valence-corrected chi connectivity index (χ1v) is 8.36. The summed E-state index contributed by atoms with van der Waals surface area (Å²) in [6.07, 6.45) is 4.75. The van der Waals surface area contributed by atoms with E-state index in [9.17, 15) is 4.79 Å². The third kappa shape index (κ3) is 6.94. The molecule has 0 unspecified atom stereocenters. The van der Waals surface area contributed by atoms with Gasteiger partial charge in [-0.25, -0.2) is 0 Å². The second-order valence-corrected chi connectivity index (χ2v) is 5.84. The Kier molecular flexibility index (Phi) is 8.35. The van der Waals surface area contributed by atoms with Crippen LogP contribution in [0.25, 0.3) is 0 Å². The van der Waals surface area contributed by atoms with E-state index in [-0.39, 0.29) is 12.0 Å².